The molecule has 0 fully saturated rings. The van der Waals surface area contributed by atoms with Crippen LogP contribution in [0.4, 0.5) is 22.7 Å². The van der Waals surface area contributed by atoms with E-state index in [1.54, 1.807) is 0 Å². The van der Waals surface area contributed by atoms with Gasteiger partial charge in [-0.15, -0.1) is 0 Å². The molecule has 6 nitrogen and oxygen atoms in total. The molecule has 316 valence electrons. The Balaban J connectivity index is 0.952. The van der Waals surface area contributed by atoms with Gasteiger partial charge in [0.25, 0.3) is 0 Å². The van der Waals surface area contributed by atoms with E-state index in [2.05, 4.69) is 217 Å². The zero-order chi connectivity index (χ0) is 44.1. The van der Waals surface area contributed by atoms with Crippen LogP contribution in [0.15, 0.2) is 205 Å². The number of hydrogen-bond acceptors (Lipinski definition) is 5. The first-order valence-corrected chi connectivity index (χ1v) is 22.6. The number of ether oxygens (including phenoxy) is 1. The summed E-state index contributed by atoms with van der Waals surface area (Å²) in [6.07, 6.45) is 0. The second kappa shape index (κ2) is 14.6. The van der Waals surface area contributed by atoms with Crippen LogP contribution in [-0.4, -0.2) is 16.1 Å². The molecule has 0 amide bonds. The maximum atomic E-state index is 7.03. The van der Waals surface area contributed by atoms with Gasteiger partial charge in [0, 0.05) is 44.4 Å². The number of anilines is 4. The van der Waals surface area contributed by atoms with Crippen LogP contribution in [0, 0.1) is 0 Å². The minimum atomic E-state index is -0.153. The van der Waals surface area contributed by atoms with E-state index in [1.807, 2.05) is 18.2 Å². The molecule has 6 heteroatoms. The molecule has 0 bridgehead atoms. The van der Waals surface area contributed by atoms with Crippen molar-refractivity contribution in [3.63, 3.8) is 0 Å². The fourth-order valence-corrected chi connectivity index (χ4v) is 10.2. The molecule has 0 N–H and O–H groups in total. The fraction of sp³-hybridized carbons (Fsp3) is 0.0833. The summed E-state index contributed by atoms with van der Waals surface area (Å²) in [5.41, 5.74) is 15.9. The van der Waals surface area contributed by atoms with Gasteiger partial charge in [0.1, 0.15) is 29.4 Å². The van der Waals surface area contributed by atoms with E-state index in [0.29, 0.717) is 6.67 Å². The number of hydrogen-bond donors (Lipinski definition) is 0. The Labute approximate surface area is 382 Å². The van der Waals surface area contributed by atoms with Gasteiger partial charge in [0.2, 0.25) is 0 Å². The topological polar surface area (TPSA) is 46.2 Å². The Bertz CT molecular complexity index is 3820. The summed E-state index contributed by atoms with van der Waals surface area (Å²) in [6, 6.07) is 71.1. The third kappa shape index (κ3) is 5.98. The van der Waals surface area contributed by atoms with E-state index >= 15 is 0 Å². The molecule has 0 spiro atoms. The molecule has 1 aliphatic heterocycles. The van der Waals surface area contributed by atoms with E-state index in [4.69, 9.17) is 14.1 Å². The smallest absolute Gasteiger partial charge is 0.160 e. The number of fused-ring (bicyclic) bond motifs is 13. The normalized spacial score (nSPS) is 13.0. The van der Waals surface area contributed by atoms with Gasteiger partial charge in [-0.1, -0.05) is 148 Å². The van der Waals surface area contributed by atoms with Crippen molar-refractivity contribution >= 4 is 83.0 Å². The van der Waals surface area contributed by atoms with Crippen molar-refractivity contribution in [2.45, 2.75) is 26.2 Å². The van der Waals surface area contributed by atoms with E-state index in [-0.39, 0.29) is 5.41 Å². The lowest BCUT2D eigenvalue weighted by atomic mass is 9.86. The Morgan fingerprint density at radius 3 is 1.92 bits per heavy atom. The molecule has 9 aromatic carbocycles. The summed E-state index contributed by atoms with van der Waals surface area (Å²) in [6.45, 7) is 7.41. The van der Waals surface area contributed by atoms with Crippen LogP contribution in [0.2, 0.25) is 0 Å². The van der Waals surface area contributed by atoms with Crippen molar-refractivity contribution in [3.8, 4) is 33.8 Å². The summed E-state index contributed by atoms with van der Waals surface area (Å²) in [5.74, 6) is 1.52. The third-order valence-electron chi connectivity index (χ3n) is 13.4. The van der Waals surface area contributed by atoms with Crippen molar-refractivity contribution in [1.29, 1.82) is 0 Å². The molecule has 0 saturated heterocycles. The molecule has 4 heterocycles. The van der Waals surface area contributed by atoms with Crippen LogP contribution >= 0.6 is 0 Å². The van der Waals surface area contributed by atoms with Gasteiger partial charge in [0.15, 0.2) is 5.58 Å². The van der Waals surface area contributed by atoms with Gasteiger partial charge in [-0.2, -0.15) is 0 Å². The Hall–Kier alpha value is -8.35. The van der Waals surface area contributed by atoms with E-state index in [0.717, 1.165) is 88.9 Å². The first kappa shape index (κ1) is 38.1. The minimum Gasteiger partial charge on any atom is -0.457 e. The van der Waals surface area contributed by atoms with E-state index in [9.17, 15) is 0 Å². The van der Waals surface area contributed by atoms with Crippen LogP contribution in [0.1, 0.15) is 26.3 Å². The maximum Gasteiger partial charge on any atom is 0.160 e. The highest BCUT2D eigenvalue weighted by molar-refractivity contribution is 6.22. The van der Waals surface area contributed by atoms with Gasteiger partial charge in [0.05, 0.1) is 33.6 Å². The Kier molecular flexibility index (Phi) is 8.43. The van der Waals surface area contributed by atoms with Crippen LogP contribution in [0.3, 0.4) is 0 Å². The molecular weight excluding hydrogens is 809 g/mol. The Morgan fingerprint density at radius 1 is 0.515 bits per heavy atom. The summed E-state index contributed by atoms with van der Waals surface area (Å²) in [5, 5.41) is 5.39. The zero-order valence-electron chi connectivity index (χ0n) is 36.9. The predicted octanol–water partition coefficient (Wildman–Crippen LogP) is 16.4. The molecule has 0 atom stereocenters. The third-order valence-corrected chi connectivity index (χ3v) is 13.4. The molecule has 0 radical (unpaired) electrons. The predicted molar refractivity (Wildman–Crippen MR) is 273 cm³/mol. The molecule has 1 aliphatic rings. The quantitative estimate of drug-likeness (QED) is 0.156. The average molecular weight is 853 g/mol. The molecule has 66 heavy (non-hydrogen) atoms. The monoisotopic (exact) mass is 852 g/mol. The van der Waals surface area contributed by atoms with Crippen LogP contribution in [0.25, 0.3) is 82.5 Å². The lowest BCUT2D eigenvalue weighted by molar-refractivity contribution is 0.479. The highest BCUT2D eigenvalue weighted by Crippen LogP contribution is 2.51. The van der Waals surface area contributed by atoms with E-state index in [1.165, 1.54) is 33.5 Å². The van der Waals surface area contributed by atoms with Gasteiger partial charge in [-0.3, -0.25) is 4.40 Å². The molecule has 13 rings (SSSR count). The standard InChI is InChI=1S/C60H44N4O2/c1-60(2,3)40-33-41(62-37-63(54-27-14-13-26-53(54)62)56-44(38-17-6-4-7-18-38)22-16-23-45(56)39-19-8-5-9-20-39)35-43(34-40)65-42-29-30-46-48-31-32-49-47-21-10-15-28-55(47)66-58(49)57(48)64-52-25-12-11-24-51(52)61-59(64)50(46)36-42/h4-36H,37H2,1-3H3. The molecule has 3 aromatic heterocycles. The zero-order valence-corrected chi connectivity index (χ0v) is 36.9. The molecule has 12 aromatic rings. The summed E-state index contributed by atoms with van der Waals surface area (Å²) >= 11 is 0. The van der Waals surface area contributed by atoms with Crippen molar-refractivity contribution in [2.24, 2.45) is 0 Å². The second-order valence-corrected chi connectivity index (χ2v) is 18.4. The first-order valence-electron chi connectivity index (χ1n) is 22.6. The highest BCUT2D eigenvalue weighted by atomic mass is 16.5. The summed E-state index contributed by atoms with van der Waals surface area (Å²) in [4.78, 5) is 10.2. The molecule has 0 unspecified atom stereocenters. The SMILES string of the molecule is CC(C)(C)c1cc(Oc2ccc3c(c2)c2nc4ccccc4n2c2c3ccc3c4ccccc4oc32)cc(N2CN(c3c(-c4ccccc4)cccc3-c3ccccc3)c3ccccc32)c1. The number of benzene rings is 9. The number of pyridine rings is 1. The number of furan rings is 1. The molecule has 0 saturated carbocycles. The second-order valence-electron chi connectivity index (χ2n) is 18.4. The maximum absolute atomic E-state index is 7.03. The number of aromatic nitrogens is 2. The fourth-order valence-electron chi connectivity index (χ4n) is 10.2. The lowest BCUT2D eigenvalue weighted by Gasteiger charge is -2.28. The van der Waals surface area contributed by atoms with Crippen LogP contribution < -0.4 is 14.5 Å². The molecule has 0 aliphatic carbocycles. The van der Waals surface area contributed by atoms with Gasteiger partial charge < -0.3 is 19.0 Å². The average Bonchev–Trinajstić information content (AvgIpc) is 4.06. The van der Waals surface area contributed by atoms with Gasteiger partial charge in [-0.05, 0) is 94.2 Å². The molecular formula is C60H44N4O2. The number of rotatable bonds is 6. The van der Waals surface area contributed by atoms with Gasteiger partial charge >= 0.3 is 0 Å². The highest BCUT2D eigenvalue weighted by Gasteiger charge is 2.32. The summed E-state index contributed by atoms with van der Waals surface area (Å²) in [7, 11) is 0. The van der Waals surface area contributed by atoms with Crippen LogP contribution in [-0.2, 0) is 5.41 Å². The Morgan fingerprint density at radius 2 is 1.17 bits per heavy atom. The number of nitrogens with zero attached hydrogens (tertiary/aromatic N) is 4. The number of imidazole rings is 1. The summed E-state index contributed by atoms with van der Waals surface area (Å²) < 4.78 is 16.0. The minimum absolute atomic E-state index is 0.153. The van der Waals surface area contributed by atoms with Crippen molar-refractivity contribution in [2.75, 3.05) is 16.5 Å². The van der Waals surface area contributed by atoms with Crippen molar-refractivity contribution in [3.05, 3.63) is 206 Å². The van der Waals surface area contributed by atoms with Gasteiger partial charge in [-0.25, -0.2) is 4.98 Å². The largest absolute Gasteiger partial charge is 0.457 e. The van der Waals surface area contributed by atoms with Crippen LogP contribution in [0.5, 0.6) is 11.5 Å². The number of para-hydroxylation sites is 6. The van der Waals surface area contributed by atoms with E-state index < -0.39 is 0 Å². The first-order chi connectivity index (χ1) is 32.4. The van der Waals surface area contributed by atoms with Crippen molar-refractivity contribution in [1.82, 2.24) is 9.38 Å². The lowest BCUT2D eigenvalue weighted by Crippen LogP contribution is -2.25. The van der Waals surface area contributed by atoms with Crippen molar-refractivity contribution < 1.29 is 9.15 Å².